The largest absolute Gasteiger partial charge is 0.416 e. The van der Waals surface area contributed by atoms with Crippen LogP contribution in [0.4, 0.5) is 24.8 Å². The summed E-state index contributed by atoms with van der Waals surface area (Å²) in [5.74, 6) is 4.98. The van der Waals surface area contributed by atoms with Gasteiger partial charge in [-0.1, -0.05) is 18.1 Å². The zero-order valence-corrected chi connectivity index (χ0v) is 22.3. The number of amides is 2. The number of anilines is 2. The number of nitrogens with zero attached hydrogens (tertiary/aromatic N) is 5. The van der Waals surface area contributed by atoms with E-state index in [0.717, 1.165) is 24.8 Å². The molecule has 3 aromatic heterocycles. The molecule has 3 N–H and O–H groups in total. The summed E-state index contributed by atoms with van der Waals surface area (Å²) in [6.07, 6.45) is 1.05. The number of hydrogen-bond donors (Lipinski definition) is 2. The van der Waals surface area contributed by atoms with Crippen molar-refractivity contribution in [2.75, 3.05) is 24.3 Å². The van der Waals surface area contributed by atoms with Gasteiger partial charge in [0.2, 0.25) is 0 Å². The van der Waals surface area contributed by atoms with Crippen LogP contribution in [0.15, 0.2) is 55.0 Å². The lowest BCUT2D eigenvalue weighted by Gasteiger charge is -2.42. The Labute approximate surface area is 237 Å². The van der Waals surface area contributed by atoms with Gasteiger partial charge in [0.25, 0.3) is 11.8 Å². The Hall–Kier alpha value is -4.96. The molecule has 2 aliphatic rings. The van der Waals surface area contributed by atoms with Crippen molar-refractivity contribution in [1.82, 2.24) is 24.3 Å². The summed E-state index contributed by atoms with van der Waals surface area (Å²) in [4.78, 5) is 40.8. The molecule has 10 nitrogen and oxygen atoms in total. The molecule has 0 radical (unpaired) electrons. The van der Waals surface area contributed by atoms with Gasteiger partial charge in [0.15, 0.2) is 0 Å². The molecule has 214 valence electrons. The normalized spacial score (nSPS) is 19.8. The van der Waals surface area contributed by atoms with Gasteiger partial charge in [-0.2, -0.15) is 13.2 Å². The fraction of sp³-hybridized carbons (Fsp3) is 0.276. The average Bonchev–Trinajstić information content (AvgIpc) is 3.47. The van der Waals surface area contributed by atoms with Crippen molar-refractivity contribution in [3.63, 3.8) is 0 Å². The number of nitrogens with two attached hydrogens (primary N) is 1. The van der Waals surface area contributed by atoms with E-state index < -0.39 is 23.2 Å². The number of pyridine rings is 1. The Kier molecular flexibility index (Phi) is 6.58. The Morgan fingerprint density at radius 2 is 1.95 bits per heavy atom. The molecule has 2 fully saturated rings. The Bertz CT molecular complexity index is 1770. The molecule has 2 unspecified atom stereocenters. The second-order valence-corrected chi connectivity index (χ2v) is 10.1. The molecule has 0 spiro atoms. The summed E-state index contributed by atoms with van der Waals surface area (Å²) < 4.78 is 46.9. The van der Waals surface area contributed by atoms with Gasteiger partial charge in [0, 0.05) is 29.7 Å². The number of imidazole rings is 1. The van der Waals surface area contributed by atoms with E-state index in [1.807, 2.05) is 4.40 Å². The van der Waals surface area contributed by atoms with Crippen LogP contribution in [-0.2, 0) is 21.2 Å². The third kappa shape index (κ3) is 4.50. The number of morpholine rings is 1. The molecule has 2 amide bonds. The predicted octanol–water partition coefficient (Wildman–Crippen LogP) is 3.88. The van der Waals surface area contributed by atoms with Crippen LogP contribution >= 0.6 is 0 Å². The number of carbonyl (C=O) groups excluding carboxylic acids is 2. The summed E-state index contributed by atoms with van der Waals surface area (Å²) in [5, 5.41) is 2.40. The molecule has 4 aromatic rings. The molecule has 2 atom stereocenters. The molecule has 13 heteroatoms. The monoisotopic (exact) mass is 575 g/mol. The molecule has 2 aliphatic heterocycles. The number of rotatable bonds is 4. The Morgan fingerprint density at radius 3 is 2.69 bits per heavy atom. The van der Waals surface area contributed by atoms with E-state index >= 15 is 0 Å². The van der Waals surface area contributed by atoms with Crippen molar-refractivity contribution >= 4 is 29.0 Å². The van der Waals surface area contributed by atoms with E-state index in [4.69, 9.17) is 15.5 Å². The van der Waals surface area contributed by atoms with E-state index in [0.29, 0.717) is 35.6 Å². The number of alkyl halides is 3. The maximum atomic E-state index is 13.1. The van der Waals surface area contributed by atoms with E-state index in [1.165, 1.54) is 12.1 Å². The molecule has 42 heavy (non-hydrogen) atoms. The van der Waals surface area contributed by atoms with E-state index in [2.05, 4.69) is 27.1 Å². The van der Waals surface area contributed by atoms with Crippen LogP contribution in [0, 0.1) is 11.8 Å². The number of ether oxygens (including phenoxy) is 1. The summed E-state index contributed by atoms with van der Waals surface area (Å²) in [6, 6.07) is 7.82. The highest BCUT2D eigenvalue weighted by Gasteiger charge is 2.55. The SMILES string of the molecule is CC#CC(=O)N1C2CCC1(c1nc(-c3ccc(C(=O)Nc4cc(C(F)(F)F)ccn4)cc3)c3c(N)nccn13)COC2. The lowest BCUT2D eigenvalue weighted by atomic mass is 9.95. The first-order chi connectivity index (χ1) is 20.1. The van der Waals surface area contributed by atoms with Crippen molar-refractivity contribution in [2.24, 2.45) is 0 Å². The number of carbonyl (C=O) groups is 2. The number of nitrogen functional groups attached to an aromatic ring is 1. The lowest BCUT2D eigenvalue weighted by Crippen LogP contribution is -2.56. The number of halogens is 3. The summed E-state index contributed by atoms with van der Waals surface area (Å²) in [7, 11) is 0. The second kappa shape index (κ2) is 10.1. The Morgan fingerprint density at radius 1 is 1.17 bits per heavy atom. The third-order valence-electron chi connectivity index (χ3n) is 7.57. The van der Waals surface area contributed by atoms with Gasteiger partial charge in [-0.3, -0.25) is 14.0 Å². The average molecular weight is 576 g/mol. The summed E-state index contributed by atoms with van der Waals surface area (Å²) in [6.45, 7) is 2.27. The van der Waals surface area contributed by atoms with Gasteiger partial charge >= 0.3 is 6.18 Å². The smallest absolute Gasteiger partial charge is 0.382 e. The van der Waals surface area contributed by atoms with Crippen LogP contribution in [0.1, 0.15) is 41.5 Å². The minimum absolute atomic E-state index is 0.133. The second-order valence-electron chi connectivity index (χ2n) is 10.1. The molecule has 5 heterocycles. The molecule has 1 aromatic carbocycles. The van der Waals surface area contributed by atoms with Crippen molar-refractivity contribution in [2.45, 2.75) is 37.5 Å². The topological polar surface area (TPSA) is 128 Å². The molecule has 0 aliphatic carbocycles. The third-order valence-corrected chi connectivity index (χ3v) is 7.57. The number of hydrogen-bond acceptors (Lipinski definition) is 7. The number of benzene rings is 1. The quantitative estimate of drug-likeness (QED) is 0.354. The van der Waals surface area contributed by atoms with Crippen LogP contribution in [0.5, 0.6) is 0 Å². The molecule has 2 bridgehead atoms. The number of fused-ring (bicyclic) bond motifs is 3. The van der Waals surface area contributed by atoms with Gasteiger partial charge in [0.1, 0.15) is 34.2 Å². The first-order valence-corrected chi connectivity index (χ1v) is 13.0. The standard InChI is InChI=1S/C29H24F3N7O3/c1-2-3-22(40)39-20-8-10-28(39,16-42-15-20)27-37-23(24-25(33)35-12-13-38(24)27)17-4-6-18(7-5-17)26(41)36-21-14-19(9-11-34-21)29(30,31)32/h4-7,9,11-14,20H,8,10,15-16H2,1H3,(H2,33,35)(H,34,36,41). The lowest BCUT2D eigenvalue weighted by molar-refractivity contribution is -0.145. The maximum absolute atomic E-state index is 13.1. The molecular weight excluding hydrogens is 551 g/mol. The molecule has 2 saturated heterocycles. The highest BCUT2D eigenvalue weighted by Crippen LogP contribution is 2.46. The summed E-state index contributed by atoms with van der Waals surface area (Å²) in [5.41, 5.74) is 6.35. The van der Waals surface area contributed by atoms with Crippen molar-refractivity contribution in [1.29, 1.82) is 0 Å². The van der Waals surface area contributed by atoms with Crippen LogP contribution in [0.3, 0.4) is 0 Å². The highest BCUT2D eigenvalue weighted by molar-refractivity contribution is 6.04. The van der Waals surface area contributed by atoms with Crippen molar-refractivity contribution in [3.05, 3.63) is 71.9 Å². The minimum Gasteiger partial charge on any atom is -0.382 e. The van der Waals surface area contributed by atoms with Gasteiger partial charge in [-0.25, -0.2) is 15.0 Å². The molecule has 6 rings (SSSR count). The van der Waals surface area contributed by atoms with Gasteiger partial charge < -0.3 is 20.7 Å². The predicted molar refractivity (Wildman–Crippen MR) is 146 cm³/mol. The van der Waals surface area contributed by atoms with Crippen LogP contribution in [-0.4, -0.2) is 55.3 Å². The molecular formula is C29H24F3N7O3. The van der Waals surface area contributed by atoms with Gasteiger partial charge in [-0.15, -0.1) is 0 Å². The minimum atomic E-state index is -4.57. The summed E-state index contributed by atoms with van der Waals surface area (Å²) >= 11 is 0. The van der Waals surface area contributed by atoms with E-state index in [9.17, 15) is 22.8 Å². The fourth-order valence-corrected chi connectivity index (χ4v) is 5.72. The number of aromatic nitrogens is 4. The molecule has 0 saturated carbocycles. The van der Waals surface area contributed by atoms with Crippen LogP contribution in [0.2, 0.25) is 0 Å². The first kappa shape index (κ1) is 27.2. The number of nitrogens with one attached hydrogen (secondary N) is 1. The fourth-order valence-electron chi connectivity index (χ4n) is 5.72. The van der Waals surface area contributed by atoms with E-state index in [-0.39, 0.29) is 35.8 Å². The Balaban J connectivity index is 1.36. The van der Waals surface area contributed by atoms with Crippen molar-refractivity contribution in [3.8, 4) is 23.1 Å². The van der Waals surface area contributed by atoms with Gasteiger partial charge in [0.05, 0.1) is 24.8 Å². The maximum Gasteiger partial charge on any atom is 0.416 e. The van der Waals surface area contributed by atoms with Crippen LogP contribution in [0.25, 0.3) is 16.8 Å². The van der Waals surface area contributed by atoms with Gasteiger partial charge in [-0.05, 0) is 50.0 Å². The highest BCUT2D eigenvalue weighted by atomic mass is 19.4. The van der Waals surface area contributed by atoms with E-state index in [1.54, 1.807) is 36.4 Å². The zero-order chi connectivity index (χ0) is 29.6. The zero-order valence-electron chi connectivity index (χ0n) is 22.3. The van der Waals surface area contributed by atoms with Crippen LogP contribution < -0.4 is 11.1 Å². The van der Waals surface area contributed by atoms with Crippen molar-refractivity contribution < 1.29 is 27.5 Å². The first-order valence-electron chi connectivity index (χ1n) is 13.0.